The van der Waals surface area contributed by atoms with E-state index in [1.54, 1.807) is 0 Å². The zero-order valence-electron chi connectivity index (χ0n) is 15.9. The standard InChI is InChI=1S/C21H26N4O2/c1-13-9-10-25(13)21-23-18-8-4-7-17(18)19(24-21)16-6-3-5-15(11-16)12-22-20(27)14(2)26/h3,5-6,11,13-14,26H,4,7-10,12H2,1-2H3,(H,22,27)/t13-,14+/m0/s1. The van der Waals surface area contributed by atoms with Crippen molar-refractivity contribution in [3.8, 4) is 11.3 Å². The van der Waals surface area contributed by atoms with Crippen LogP contribution in [0.25, 0.3) is 11.3 Å². The molecule has 6 heteroatoms. The van der Waals surface area contributed by atoms with E-state index >= 15 is 0 Å². The summed E-state index contributed by atoms with van der Waals surface area (Å²) < 4.78 is 0. The van der Waals surface area contributed by atoms with Crippen molar-refractivity contribution in [3.05, 3.63) is 41.1 Å². The highest BCUT2D eigenvalue weighted by Crippen LogP contribution is 2.34. The van der Waals surface area contributed by atoms with Gasteiger partial charge in [-0.25, -0.2) is 9.97 Å². The second-order valence-corrected chi connectivity index (χ2v) is 7.58. The van der Waals surface area contributed by atoms with E-state index in [0.29, 0.717) is 12.6 Å². The van der Waals surface area contributed by atoms with Crippen molar-refractivity contribution in [2.45, 2.75) is 58.2 Å². The molecule has 1 fully saturated rings. The zero-order chi connectivity index (χ0) is 19.0. The molecule has 2 atom stereocenters. The Morgan fingerprint density at radius 3 is 2.93 bits per heavy atom. The van der Waals surface area contributed by atoms with Crippen molar-refractivity contribution >= 4 is 11.9 Å². The first-order valence-electron chi connectivity index (χ1n) is 9.74. The molecular formula is C21H26N4O2. The number of nitrogens with zero attached hydrogens (tertiary/aromatic N) is 3. The predicted molar refractivity (Wildman–Crippen MR) is 104 cm³/mol. The second kappa shape index (κ2) is 7.27. The second-order valence-electron chi connectivity index (χ2n) is 7.58. The molecule has 2 N–H and O–H groups in total. The third-order valence-corrected chi connectivity index (χ3v) is 5.54. The average Bonchev–Trinajstić information content (AvgIpc) is 3.13. The normalized spacial score (nSPS) is 19.4. The molecule has 4 rings (SSSR count). The Morgan fingerprint density at radius 2 is 2.22 bits per heavy atom. The number of aromatic nitrogens is 2. The topological polar surface area (TPSA) is 78.3 Å². The van der Waals surface area contributed by atoms with Gasteiger partial charge in [-0.3, -0.25) is 4.79 Å². The number of aliphatic hydroxyl groups excluding tert-OH is 1. The van der Waals surface area contributed by atoms with Crippen LogP contribution in [0.3, 0.4) is 0 Å². The van der Waals surface area contributed by atoms with Gasteiger partial charge >= 0.3 is 0 Å². The van der Waals surface area contributed by atoms with Gasteiger partial charge in [-0.05, 0) is 51.2 Å². The third kappa shape index (κ3) is 3.54. The fraction of sp³-hybridized carbons (Fsp3) is 0.476. The minimum Gasteiger partial charge on any atom is -0.384 e. The number of carbonyl (C=O) groups is 1. The molecule has 1 aromatic carbocycles. The molecule has 1 aromatic heterocycles. The van der Waals surface area contributed by atoms with Gasteiger partial charge in [0.1, 0.15) is 6.10 Å². The summed E-state index contributed by atoms with van der Waals surface area (Å²) in [5.74, 6) is 0.481. The molecule has 2 aliphatic rings. The summed E-state index contributed by atoms with van der Waals surface area (Å²) in [4.78, 5) is 23.7. The fourth-order valence-corrected chi connectivity index (χ4v) is 3.77. The van der Waals surface area contributed by atoms with Gasteiger partial charge in [-0.2, -0.15) is 0 Å². The fourth-order valence-electron chi connectivity index (χ4n) is 3.77. The molecule has 0 spiro atoms. The molecule has 0 radical (unpaired) electrons. The van der Waals surface area contributed by atoms with Crippen LogP contribution in [-0.2, 0) is 24.2 Å². The van der Waals surface area contributed by atoms with E-state index < -0.39 is 6.10 Å². The van der Waals surface area contributed by atoms with Gasteiger partial charge in [-0.15, -0.1) is 0 Å². The highest BCUT2D eigenvalue weighted by atomic mass is 16.3. The molecule has 0 unspecified atom stereocenters. The maximum absolute atomic E-state index is 11.6. The van der Waals surface area contributed by atoms with E-state index in [9.17, 15) is 9.90 Å². The van der Waals surface area contributed by atoms with E-state index in [0.717, 1.165) is 48.6 Å². The lowest BCUT2D eigenvalue weighted by atomic mass is 10.0. The zero-order valence-corrected chi connectivity index (χ0v) is 15.9. The molecule has 1 aliphatic carbocycles. The minimum absolute atomic E-state index is 0.364. The Morgan fingerprint density at radius 1 is 1.37 bits per heavy atom. The van der Waals surface area contributed by atoms with E-state index in [1.165, 1.54) is 24.6 Å². The maximum atomic E-state index is 11.6. The van der Waals surface area contributed by atoms with Crippen LogP contribution in [0.15, 0.2) is 24.3 Å². The summed E-state index contributed by atoms with van der Waals surface area (Å²) in [5, 5.41) is 12.1. The van der Waals surface area contributed by atoms with Crippen LogP contribution in [0.2, 0.25) is 0 Å². The summed E-state index contributed by atoms with van der Waals surface area (Å²) in [6, 6.07) is 8.62. The van der Waals surface area contributed by atoms with Crippen molar-refractivity contribution in [1.29, 1.82) is 0 Å². The van der Waals surface area contributed by atoms with Gasteiger partial charge in [0.2, 0.25) is 11.9 Å². The first-order chi connectivity index (χ1) is 13.0. The van der Waals surface area contributed by atoms with Gasteiger partial charge in [0.25, 0.3) is 0 Å². The summed E-state index contributed by atoms with van der Waals surface area (Å²) >= 11 is 0. The van der Waals surface area contributed by atoms with E-state index in [1.807, 2.05) is 12.1 Å². The Labute approximate surface area is 159 Å². The molecule has 27 heavy (non-hydrogen) atoms. The quantitative estimate of drug-likeness (QED) is 0.848. The van der Waals surface area contributed by atoms with Crippen LogP contribution < -0.4 is 10.2 Å². The molecule has 2 aromatic rings. The Bertz CT molecular complexity index is 865. The molecule has 0 bridgehead atoms. The number of rotatable bonds is 5. The van der Waals surface area contributed by atoms with Gasteiger partial charge < -0.3 is 15.3 Å². The van der Waals surface area contributed by atoms with Crippen LogP contribution in [0, 0.1) is 0 Å². The lowest BCUT2D eigenvalue weighted by Crippen LogP contribution is -2.46. The van der Waals surface area contributed by atoms with Crippen LogP contribution in [-0.4, -0.2) is 39.7 Å². The van der Waals surface area contributed by atoms with E-state index in [4.69, 9.17) is 9.97 Å². The number of fused-ring (bicyclic) bond motifs is 1. The van der Waals surface area contributed by atoms with Crippen LogP contribution >= 0.6 is 0 Å². The van der Waals surface area contributed by atoms with Crippen LogP contribution in [0.5, 0.6) is 0 Å². The number of hydrogen-bond donors (Lipinski definition) is 2. The molecule has 2 heterocycles. The number of carbonyl (C=O) groups excluding carboxylic acids is 1. The van der Waals surface area contributed by atoms with Crippen molar-refractivity contribution in [2.75, 3.05) is 11.4 Å². The highest BCUT2D eigenvalue weighted by molar-refractivity contribution is 5.80. The molecular weight excluding hydrogens is 340 g/mol. The minimum atomic E-state index is -1.00. The monoisotopic (exact) mass is 366 g/mol. The molecule has 1 aliphatic heterocycles. The smallest absolute Gasteiger partial charge is 0.248 e. The van der Waals surface area contributed by atoms with E-state index in [2.05, 4.69) is 29.3 Å². The van der Waals surface area contributed by atoms with Crippen molar-refractivity contribution < 1.29 is 9.90 Å². The van der Waals surface area contributed by atoms with E-state index in [-0.39, 0.29) is 5.91 Å². The molecule has 142 valence electrons. The number of hydrogen-bond acceptors (Lipinski definition) is 5. The van der Waals surface area contributed by atoms with Crippen molar-refractivity contribution in [2.24, 2.45) is 0 Å². The number of aryl methyl sites for hydroxylation is 1. The van der Waals surface area contributed by atoms with Crippen molar-refractivity contribution in [3.63, 3.8) is 0 Å². The number of aliphatic hydroxyl groups is 1. The first kappa shape index (κ1) is 17.9. The highest BCUT2D eigenvalue weighted by Gasteiger charge is 2.29. The predicted octanol–water partition coefficient (Wildman–Crippen LogP) is 2.23. The van der Waals surface area contributed by atoms with Crippen LogP contribution in [0.4, 0.5) is 5.95 Å². The molecule has 6 nitrogen and oxygen atoms in total. The Hall–Kier alpha value is -2.47. The van der Waals surface area contributed by atoms with Gasteiger partial charge in [0.05, 0.1) is 5.69 Å². The number of amides is 1. The number of anilines is 1. The Kier molecular flexibility index (Phi) is 4.83. The van der Waals surface area contributed by atoms with Gasteiger partial charge in [0.15, 0.2) is 0 Å². The third-order valence-electron chi connectivity index (χ3n) is 5.54. The Balaban J connectivity index is 1.65. The van der Waals surface area contributed by atoms with Crippen LogP contribution in [0.1, 0.15) is 43.5 Å². The summed E-state index contributed by atoms with van der Waals surface area (Å²) in [6.45, 7) is 5.09. The van der Waals surface area contributed by atoms with Gasteiger partial charge in [0, 0.05) is 36.0 Å². The lowest BCUT2D eigenvalue weighted by molar-refractivity contribution is -0.128. The summed E-state index contributed by atoms with van der Waals surface area (Å²) in [6.07, 6.45) is 3.35. The SMILES string of the molecule is C[C@@H](O)C(=O)NCc1cccc(-c2nc(N3CC[C@@H]3C)nc3c2CCC3)c1. The molecule has 1 saturated heterocycles. The van der Waals surface area contributed by atoms with Crippen molar-refractivity contribution in [1.82, 2.24) is 15.3 Å². The molecule has 1 amide bonds. The largest absolute Gasteiger partial charge is 0.384 e. The summed E-state index contributed by atoms with van der Waals surface area (Å²) in [7, 11) is 0. The number of benzene rings is 1. The molecule has 0 saturated carbocycles. The maximum Gasteiger partial charge on any atom is 0.248 e. The lowest BCUT2D eigenvalue weighted by Gasteiger charge is -2.39. The number of nitrogens with one attached hydrogen (secondary N) is 1. The first-order valence-corrected chi connectivity index (χ1v) is 9.74. The average molecular weight is 366 g/mol. The van der Waals surface area contributed by atoms with Gasteiger partial charge in [-0.1, -0.05) is 18.2 Å². The summed E-state index contributed by atoms with van der Waals surface area (Å²) in [5.41, 5.74) is 5.52.